The SMILES string of the molecule is Cc1occc1-c1nnc(SCc2cc(F)cc3c2OCOC3)n1N. The van der Waals surface area contributed by atoms with Crippen LogP contribution >= 0.6 is 11.8 Å². The van der Waals surface area contributed by atoms with E-state index in [1.165, 1.54) is 28.6 Å². The summed E-state index contributed by atoms with van der Waals surface area (Å²) in [6, 6.07) is 4.66. The second-order valence-electron chi connectivity index (χ2n) is 5.52. The topological polar surface area (TPSA) is 88.3 Å². The minimum Gasteiger partial charge on any atom is -0.469 e. The lowest BCUT2D eigenvalue weighted by molar-refractivity contribution is -0.0171. The molecule has 25 heavy (non-hydrogen) atoms. The van der Waals surface area contributed by atoms with Gasteiger partial charge in [0.25, 0.3) is 0 Å². The molecule has 0 aliphatic carbocycles. The summed E-state index contributed by atoms with van der Waals surface area (Å²) < 4.78 is 31.2. The lowest BCUT2D eigenvalue weighted by Crippen LogP contribution is -2.14. The van der Waals surface area contributed by atoms with E-state index in [0.29, 0.717) is 40.4 Å². The predicted molar refractivity (Wildman–Crippen MR) is 88.9 cm³/mol. The first-order valence-corrected chi connectivity index (χ1v) is 8.51. The summed E-state index contributed by atoms with van der Waals surface area (Å²) in [5.74, 6) is 8.10. The molecule has 0 saturated carbocycles. The molecule has 1 aromatic carbocycles. The van der Waals surface area contributed by atoms with Gasteiger partial charge in [-0.25, -0.2) is 9.07 Å². The smallest absolute Gasteiger partial charge is 0.210 e. The number of fused-ring (bicyclic) bond motifs is 1. The third-order valence-corrected chi connectivity index (χ3v) is 4.86. The number of nitrogen functional groups attached to an aromatic ring is 1. The lowest BCUT2D eigenvalue weighted by Gasteiger charge is -2.20. The predicted octanol–water partition coefficient (Wildman–Crippen LogP) is 2.86. The molecule has 4 rings (SSSR count). The van der Waals surface area contributed by atoms with Crippen LogP contribution in [-0.4, -0.2) is 21.7 Å². The van der Waals surface area contributed by atoms with E-state index >= 15 is 0 Å². The summed E-state index contributed by atoms with van der Waals surface area (Å²) in [7, 11) is 0. The van der Waals surface area contributed by atoms with Crippen molar-refractivity contribution >= 4 is 11.8 Å². The molecular formula is C16H15FN4O3S. The van der Waals surface area contributed by atoms with E-state index in [2.05, 4.69) is 10.2 Å². The zero-order chi connectivity index (χ0) is 17.4. The maximum Gasteiger partial charge on any atom is 0.210 e. The van der Waals surface area contributed by atoms with Crippen molar-refractivity contribution in [1.82, 2.24) is 14.9 Å². The zero-order valence-corrected chi connectivity index (χ0v) is 14.2. The van der Waals surface area contributed by atoms with E-state index in [-0.39, 0.29) is 12.6 Å². The van der Waals surface area contributed by atoms with Crippen molar-refractivity contribution in [3.8, 4) is 17.1 Å². The van der Waals surface area contributed by atoms with Crippen molar-refractivity contribution < 1.29 is 18.3 Å². The average molecular weight is 362 g/mol. The molecule has 130 valence electrons. The third-order valence-electron chi connectivity index (χ3n) is 3.87. The van der Waals surface area contributed by atoms with Crippen molar-refractivity contribution in [2.75, 3.05) is 12.6 Å². The van der Waals surface area contributed by atoms with Crippen molar-refractivity contribution in [1.29, 1.82) is 0 Å². The Bertz CT molecular complexity index is 924. The summed E-state index contributed by atoms with van der Waals surface area (Å²) in [4.78, 5) is 0. The molecule has 9 heteroatoms. The molecule has 2 N–H and O–H groups in total. The fourth-order valence-corrected chi connectivity index (χ4v) is 3.51. The highest BCUT2D eigenvalue weighted by Crippen LogP contribution is 2.34. The van der Waals surface area contributed by atoms with E-state index in [4.69, 9.17) is 19.7 Å². The van der Waals surface area contributed by atoms with E-state index in [9.17, 15) is 4.39 Å². The van der Waals surface area contributed by atoms with Crippen LogP contribution in [0.1, 0.15) is 16.9 Å². The maximum absolute atomic E-state index is 13.8. The number of furan rings is 1. The van der Waals surface area contributed by atoms with Crippen molar-refractivity contribution in [3.05, 3.63) is 47.2 Å². The van der Waals surface area contributed by atoms with Gasteiger partial charge in [-0.2, -0.15) is 0 Å². The highest BCUT2D eigenvalue weighted by Gasteiger charge is 2.19. The number of ether oxygens (including phenoxy) is 2. The second-order valence-corrected chi connectivity index (χ2v) is 6.46. The molecule has 0 atom stereocenters. The minimum absolute atomic E-state index is 0.160. The van der Waals surface area contributed by atoms with Crippen LogP contribution in [0.15, 0.2) is 34.0 Å². The second kappa shape index (κ2) is 6.41. The maximum atomic E-state index is 13.8. The Kier molecular flexibility index (Phi) is 4.10. The number of halogens is 1. The number of benzene rings is 1. The van der Waals surface area contributed by atoms with Crippen LogP contribution in [0.5, 0.6) is 5.75 Å². The quantitative estimate of drug-likeness (QED) is 0.564. The van der Waals surface area contributed by atoms with Gasteiger partial charge in [0.2, 0.25) is 5.16 Å². The van der Waals surface area contributed by atoms with Crippen molar-refractivity contribution in [2.45, 2.75) is 24.4 Å². The number of aromatic nitrogens is 3. The number of rotatable bonds is 4. The van der Waals surface area contributed by atoms with Crippen LogP contribution in [0.3, 0.4) is 0 Å². The molecular weight excluding hydrogens is 347 g/mol. The molecule has 0 saturated heterocycles. The Morgan fingerprint density at radius 3 is 3.04 bits per heavy atom. The Morgan fingerprint density at radius 1 is 1.36 bits per heavy atom. The van der Waals surface area contributed by atoms with Crippen LogP contribution in [-0.2, 0) is 17.1 Å². The molecule has 0 radical (unpaired) electrons. The number of nitrogens with zero attached hydrogens (tertiary/aromatic N) is 3. The molecule has 0 fully saturated rings. The first-order valence-electron chi connectivity index (χ1n) is 7.53. The first-order chi connectivity index (χ1) is 12.1. The monoisotopic (exact) mass is 362 g/mol. The van der Waals surface area contributed by atoms with Gasteiger partial charge in [0.05, 0.1) is 18.4 Å². The van der Waals surface area contributed by atoms with Crippen molar-refractivity contribution in [3.63, 3.8) is 0 Å². The van der Waals surface area contributed by atoms with E-state index in [1.54, 1.807) is 12.3 Å². The van der Waals surface area contributed by atoms with E-state index in [0.717, 1.165) is 11.1 Å². The fraction of sp³-hybridized carbons (Fsp3) is 0.250. The van der Waals surface area contributed by atoms with Crippen LogP contribution in [0.25, 0.3) is 11.4 Å². The Labute approximate surface area is 146 Å². The molecule has 3 aromatic rings. The highest BCUT2D eigenvalue weighted by molar-refractivity contribution is 7.98. The van der Waals surface area contributed by atoms with Gasteiger partial charge in [-0.1, -0.05) is 11.8 Å². The van der Waals surface area contributed by atoms with Crippen molar-refractivity contribution in [2.24, 2.45) is 0 Å². The molecule has 0 amide bonds. The van der Waals surface area contributed by atoms with Gasteiger partial charge in [-0.15, -0.1) is 10.2 Å². The van der Waals surface area contributed by atoms with Crippen LogP contribution in [0.4, 0.5) is 4.39 Å². The van der Waals surface area contributed by atoms with E-state index in [1.807, 2.05) is 6.92 Å². The van der Waals surface area contributed by atoms with E-state index < -0.39 is 0 Å². The van der Waals surface area contributed by atoms with Gasteiger partial charge in [-0.3, -0.25) is 0 Å². The summed E-state index contributed by atoms with van der Waals surface area (Å²) in [6.07, 6.45) is 1.57. The molecule has 0 bridgehead atoms. The van der Waals surface area contributed by atoms with Gasteiger partial charge in [0.1, 0.15) is 17.3 Å². The zero-order valence-electron chi connectivity index (χ0n) is 13.4. The molecule has 0 spiro atoms. The molecule has 1 aliphatic heterocycles. The summed E-state index contributed by atoms with van der Waals surface area (Å²) >= 11 is 1.35. The van der Waals surface area contributed by atoms with Crippen LogP contribution in [0.2, 0.25) is 0 Å². The third kappa shape index (κ3) is 2.96. The van der Waals surface area contributed by atoms with Crippen LogP contribution < -0.4 is 10.6 Å². The van der Waals surface area contributed by atoms with Gasteiger partial charge in [0.15, 0.2) is 12.6 Å². The van der Waals surface area contributed by atoms with Gasteiger partial charge < -0.3 is 19.7 Å². The fourth-order valence-electron chi connectivity index (χ4n) is 2.68. The van der Waals surface area contributed by atoms with Gasteiger partial charge in [-0.05, 0) is 25.1 Å². The Balaban J connectivity index is 1.58. The summed E-state index contributed by atoms with van der Waals surface area (Å²) in [6.45, 7) is 2.32. The molecule has 0 unspecified atom stereocenters. The normalized spacial score (nSPS) is 13.5. The molecule has 1 aliphatic rings. The number of aryl methyl sites for hydroxylation is 1. The lowest BCUT2D eigenvalue weighted by atomic mass is 10.1. The standard InChI is InChI=1S/C16H15FN4O3S/c1-9-13(2-3-23-9)15-19-20-16(21(15)18)25-7-11-5-12(17)4-10-6-22-8-24-14(10)11/h2-5H,6-8,18H2,1H3. The number of thioether (sulfide) groups is 1. The Morgan fingerprint density at radius 2 is 2.24 bits per heavy atom. The number of nitrogens with two attached hydrogens (primary N) is 1. The van der Waals surface area contributed by atoms with Gasteiger partial charge >= 0.3 is 0 Å². The number of hydrogen-bond donors (Lipinski definition) is 1. The minimum atomic E-state index is -0.327. The number of hydrogen-bond acceptors (Lipinski definition) is 7. The summed E-state index contributed by atoms with van der Waals surface area (Å²) in [5.41, 5.74) is 2.21. The molecule has 3 heterocycles. The Hall–Kier alpha value is -2.52. The first kappa shape index (κ1) is 16.0. The summed E-state index contributed by atoms with van der Waals surface area (Å²) in [5, 5.41) is 8.75. The van der Waals surface area contributed by atoms with Gasteiger partial charge in [0, 0.05) is 16.9 Å². The largest absolute Gasteiger partial charge is 0.469 e. The highest BCUT2D eigenvalue weighted by atomic mass is 32.2. The molecule has 2 aromatic heterocycles. The van der Waals surface area contributed by atoms with Crippen LogP contribution in [0, 0.1) is 12.7 Å². The average Bonchev–Trinajstić information content (AvgIpc) is 3.18. The molecule has 7 nitrogen and oxygen atoms in total.